The molecule has 0 heterocycles. The Morgan fingerprint density at radius 2 is 1.34 bits per heavy atom. The average molecular weight is 443 g/mol. The molecule has 0 aliphatic heterocycles. The standard InChI is InChI=1S/C21H38O6Si2/c1-18(2,3)28(7,8)26-20(24)14-13-16(11-12-17(22)23)15-21(20,25)27-29(9,10)19(4,5)6/h11-15,24-25H,1-10H3,(H,22,23)/b12-11+. The molecule has 6 nitrogen and oxygen atoms in total. The minimum atomic E-state index is -2.54. The molecule has 0 saturated carbocycles. The van der Waals surface area contributed by atoms with E-state index in [0.29, 0.717) is 5.57 Å². The fourth-order valence-corrected chi connectivity index (χ4v) is 4.86. The fraction of sp³-hybridized carbons (Fsp3) is 0.667. The van der Waals surface area contributed by atoms with E-state index in [-0.39, 0.29) is 10.1 Å². The second-order valence-electron chi connectivity index (χ2n) is 10.8. The summed E-state index contributed by atoms with van der Waals surface area (Å²) in [5.41, 5.74) is 0.414. The molecule has 0 spiro atoms. The van der Waals surface area contributed by atoms with E-state index in [0.717, 1.165) is 6.08 Å². The van der Waals surface area contributed by atoms with E-state index in [4.69, 9.17) is 14.0 Å². The minimum absolute atomic E-state index is 0.207. The van der Waals surface area contributed by atoms with Crippen molar-refractivity contribution < 1.29 is 29.0 Å². The Kier molecular flexibility index (Phi) is 7.08. The van der Waals surface area contributed by atoms with Crippen LogP contribution in [0.3, 0.4) is 0 Å². The Morgan fingerprint density at radius 1 is 0.931 bits per heavy atom. The first-order valence-electron chi connectivity index (χ1n) is 9.84. The zero-order valence-electron chi connectivity index (χ0n) is 19.5. The number of carboxylic acids is 1. The van der Waals surface area contributed by atoms with Gasteiger partial charge in [-0.25, -0.2) is 4.79 Å². The summed E-state index contributed by atoms with van der Waals surface area (Å²) in [6, 6.07) is 0. The van der Waals surface area contributed by atoms with Crippen LogP contribution in [-0.2, 0) is 13.6 Å². The second kappa shape index (κ2) is 7.90. The van der Waals surface area contributed by atoms with E-state index < -0.39 is 34.2 Å². The molecule has 0 aromatic rings. The number of hydrogen-bond donors (Lipinski definition) is 3. The van der Waals surface area contributed by atoms with Crippen LogP contribution < -0.4 is 0 Å². The first kappa shape index (κ1) is 26.0. The van der Waals surface area contributed by atoms with Crippen molar-refractivity contribution in [2.75, 3.05) is 0 Å². The summed E-state index contributed by atoms with van der Waals surface area (Å²) in [7, 11) is -5.04. The molecule has 0 amide bonds. The molecule has 1 rings (SSSR count). The second-order valence-corrected chi connectivity index (χ2v) is 20.2. The molecule has 0 saturated heterocycles. The Morgan fingerprint density at radius 3 is 1.72 bits per heavy atom. The number of allylic oxidation sites excluding steroid dienone is 3. The van der Waals surface area contributed by atoms with Gasteiger partial charge in [-0.05, 0) is 60.1 Å². The summed E-state index contributed by atoms with van der Waals surface area (Å²) in [5, 5.41) is 31.6. The molecule has 3 N–H and O–H groups in total. The number of hydrogen-bond acceptors (Lipinski definition) is 5. The summed E-state index contributed by atoms with van der Waals surface area (Å²) < 4.78 is 12.5. The van der Waals surface area contributed by atoms with E-state index in [1.165, 1.54) is 24.3 Å². The smallest absolute Gasteiger partial charge is 0.328 e. The highest BCUT2D eigenvalue weighted by Gasteiger charge is 2.58. The van der Waals surface area contributed by atoms with Crippen molar-refractivity contribution in [1.29, 1.82) is 0 Å². The summed E-state index contributed by atoms with van der Waals surface area (Å²) in [6.45, 7) is 20.1. The van der Waals surface area contributed by atoms with Gasteiger partial charge in [0.1, 0.15) is 0 Å². The SMILES string of the molecule is CC(C)(C)[Si](C)(C)OC1(O)C=CC(/C=C/C(=O)O)=CC1(O)O[Si](C)(C)C(C)(C)C. The molecule has 0 radical (unpaired) electrons. The first-order valence-corrected chi connectivity index (χ1v) is 15.7. The Hall–Kier alpha value is -1.04. The highest BCUT2D eigenvalue weighted by Crippen LogP contribution is 2.47. The lowest BCUT2D eigenvalue weighted by molar-refractivity contribution is -0.292. The molecule has 0 fully saturated rings. The maximum absolute atomic E-state index is 11.6. The van der Waals surface area contributed by atoms with Crippen LogP contribution in [0.1, 0.15) is 41.5 Å². The quantitative estimate of drug-likeness (QED) is 0.317. The number of aliphatic carboxylic acids is 1. The number of aliphatic hydroxyl groups is 2. The van der Waals surface area contributed by atoms with Gasteiger partial charge in [0.05, 0.1) is 0 Å². The maximum Gasteiger partial charge on any atom is 0.328 e. The summed E-state index contributed by atoms with van der Waals surface area (Å²) in [6.07, 6.45) is 6.57. The van der Waals surface area contributed by atoms with Crippen LogP contribution >= 0.6 is 0 Å². The number of carboxylic acid groups (broad SMARTS) is 1. The summed E-state index contributed by atoms with van der Waals surface area (Å²) >= 11 is 0. The topological polar surface area (TPSA) is 96.2 Å². The van der Waals surface area contributed by atoms with Crippen LogP contribution in [0, 0.1) is 0 Å². The molecule has 0 aromatic carbocycles. The molecule has 1 aliphatic rings. The predicted molar refractivity (Wildman–Crippen MR) is 120 cm³/mol. The molecular weight excluding hydrogens is 404 g/mol. The van der Waals surface area contributed by atoms with Gasteiger partial charge in [0.25, 0.3) is 0 Å². The zero-order valence-corrected chi connectivity index (χ0v) is 21.5. The van der Waals surface area contributed by atoms with Crippen LogP contribution in [0.4, 0.5) is 0 Å². The molecule has 2 atom stereocenters. The van der Waals surface area contributed by atoms with Gasteiger partial charge in [-0.2, -0.15) is 0 Å². The van der Waals surface area contributed by atoms with Crippen LogP contribution in [0.5, 0.6) is 0 Å². The average Bonchev–Trinajstić information content (AvgIpc) is 2.45. The third-order valence-electron chi connectivity index (χ3n) is 6.23. The van der Waals surface area contributed by atoms with Crippen molar-refractivity contribution in [3.8, 4) is 0 Å². The van der Waals surface area contributed by atoms with Crippen LogP contribution in [0.15, 0.2) is 36.0 Å². The molecule has 29 heavy (non-hydrogen) atoms. The summed E-state index contributed by atoms with van der Waals surface area (Å²) in [5.74, 6) is -5.35. The third kappa shape index (κ3) is 5.77. The van der Waals surface area contributed by atoms with Crippen molar-refractivity contribution in [2.45, 2.75) is 89.4 Å². The van der Waals surface area contributed by atoms with Crippen LogP contribution in [0.2, 0.25) is 36.3 Å². The molecule has 2 unspecified atom stereocenters. The van der Waals surface area contributed by atoms with Crippen LogP contribution in [-0.4, -0.2) is 49.5 Å². The minimum Gasteiger partial charge on any atom is -0.478 e. The van der Waals surface area contributed by atoms with Gasteiger partial charge in [0, 0.05) is 6.08 Å². The van der Waals surface area contributed by atoms with Gasteiger partial charge in [-0.15, -0.1) is 0 Å². The van der Waals surface area contributed by atoms with Crippen molar-refractivity contribution in [3.05, 3.63) is 36.0 Å². The maximum atomic E-state index is 11.6. The van der Waals surface area contributed by atoms with Crippen molar-refractivity contribution >= 4 is 22.6 Å². The van der Waals surface area contributed by atoms with Gasteiger partial charge in [0.2, 0.25) is 11.6 Å². The number of carbonyl (C=O) groups is 1. The van der Waals surface area contributed by atoms with E-state index in [1.54, 1.807) is 0 Å². The normalized spacial score (nSPS) is 26.7. The monoisotopic (exact) mass is 442 g/mol. The van der Waals surface area contributed by atoms with Gasteiger partial charge in [-0.1, -0.05) is 47.6 Å². The lowest BCUT2D eigenvalue weighted by Crippen LogP contribution is -2.65. The lowest BCUT2D eigenvalue weighted by atomic mass is 9.95. The zero-order chi connectivity index (χ0) is 23.1. The van der Waals surface area contributed by atoms with Gasteiger partial charge in [0.15, 0.2) is 16.6 Å². The van der Waals surface area contributed by atoms with Crippen molar-refractivity contribution in [1.82, 2.24) is 0 Å². The first-order chi connectivity index (χ1) is 12.7. The van der Waals surface area contributed by atoms with Crippen molar-refractivity contribution in [2.24, 2.45) is 0 Å². The van der Waals surface area contributed by atoms with E-state index >= 15 is 0 Å². The molecule has 166 valence electrons. The largest absolute Gasteiger partial charge is 0.478 e. The molecule has 0 aromatic heterocycles. The molecule has 0 bridgehead atoms. The Balaban J connectivity index is 3.52. The highest BCUT2D eigenvalue weighted by atomic mass is 28.4. The van der Waals surface area contributed by atoms with Gasteiger partial charge >= 0.3 is 5.97 Å². The van der Waals surface area contributed by atoms with Crippen molar-refractivity contribution in [3.63, 3.8) is 0 Å². The predicted octanol–water partition coefficient (Wildman–Crippen LogP) is 4.54. The van der Waals surface area contributed by atoms with Gasteiger partial charge in [-0.3, -0.25) is 0 Å². The van der Waals surface area contributed by atoms with E-state index in [9.17, 15) is 15.0 Å². The third-order valence-corrected chi connectivity index (χ3v) is 15.1. The van der Waals surface area contributed by atoms with E-state index in [2.05, 4.69) is 0 Å². The fourth-order valence-electron chi connectivity index (χ4n) is 2.27. The number of rotatable bonds is 6. The molecular formula is C21H38O6Si2. The highest BCUT2D eigenvalue weighted by molar-refractivity contribution is 6.74. The lowest BCUT2D eigenvalue weighted by Gasteiger charge is -2.51. The molecule has 8 heteroatoms. The Bertz CT molecular complexity index is 724. The Labute approximate surface area is 177 Å². The van der Waals surface area contributed by atoms with Gasteiger partial charge < -0.3 is 24.2 Å². The van der Waals surface area contributed by atoms with Crippen LogP contribution in [0.25, 0.3) is 0 Å². The summed E-state index contributed by atoms with van der Waals surface area (Å²) in [4.78, 5) is 10.9. The molecule has 1 aliphatic carbocycles. The van der Waals surface area contributed by atoms with E-state index in [1.807, 2.05) is 67.7 Å².